The summed E-state index contributed by atoms with van der Waals surface area (Å²) in [5, 5.41) is 10.3. The lowest BCUT2D eigenvalue weighted by atomic mass is 9.57. The van der Waals surface area contributed by atoms with E-state index in [1.54, 1.807) is 21.3 Å². The van der Waals surface area contributed by atoms with Crippen LogP contribution in [0.3, 0.4) is 0 Å². The SMILES string of the molecule is CC.CC.COC.COc1ccc2c(c1)[C@@]1(C)CCCCC1CC2O. The van der Waals surface area contributed by atoms with Crippen LogP contribution in [0.2, 0.25) is 0 Å². The Hall–Kier alpha value is -1.06. The van der Waals surface area contributed by atoms with Gasteiger partial charge in [-0.3, -0.25) is 0 Å². The van der Waals surface area contributed by atoms with Gasteiger partial charge in [-0.2, -0.15) is 0 Å². The second-order valence-corrected chi connectivity index (χ2v) is 6.47. The van der Waals surface area contributed by atoms with Crippen molar-refractivity contribution >= 4 is 0 Å². The molecule has 3 nitrogen and oxygen atoms in total. The molecular formula is C22H40O3. The van der Waals surface area contributed by atoms with Crippen molar-refractivity contribution in [2.24, 2.45) is 5.92 Å². The Balaban J connectivity index is 0.000000728. The maximum absolute atomic E-state index is 10.3. The van der Waals surface area contributed by atoms with Gasteiger partial charge < -0.3 is 14.6 Å². The lowest BCUT2D eigenvalue weighted by molar-refractivity contribution is 0.0710. The highest BCUT2D eigenvalue weighted by Gasteiger charge is 2.44. The molecule has 0 heterocycles. The van der Waals surface area contributed by atoms with E-state index in [1.807, 2.05) is 33.8 Å². The summed E-state index contributed by atoms with van der Waals surface area (Å²) in [6.45, 7) is 10.4. The molecule has 0 saturated heterocycles. The van der Waals surface area contributed by atoms with Crippen LogP contribution in [0.15, 0.2) is 18.2 Å². The molecule has 3 heteroatoms. The fourth-order valence-corrected chi connectivity index (χ4v) is 3.98. The molecule has 1 fully saturated rings. The monoisotopic (exact) mass is 352 g/mol. The lowest BCUT2D eigenvalue weighted by Gasteiger charge is -2.48. The van der Waals surface area contributed by atoms with Gasteiger partial charge in [-0.15, -0.1) is 0 Å². The van der Waals surface area contributed by atoms with Crippen LogP contribution in [0.25, 0.3) is 0 Å². The van der Waals surface area contributed by atoms with Gasteiger partial charge in [0.15, 0.2) is 0 Å². The van der Waals surface area contributed by atoms with Gasteiger partial charge in [0, 0.05) is 14.2 Å². The summed E-state index contributed by atoms with van der Waals surface area (Å²) < 4.78 is 9.61. The predicted octanol–water partition coefficient (Wildman–Crippen LogP) is 5.90. The highest BCUT2D eigenvalue weighted by molar-refractivity contribution is 5.44. The molecule has 3 atom stereocenters. The van der Waals surface area contributed by atoms with Gasteiger partial charge in [0.05, 0.1) is 13.2 Å². The molecule has 0 spiro atoms. The summed E-state index contributed by atoms with van der Waals surface area (Å²) >= 11 is 0. The standard InChI is InChI=1S/C16H22O2.C2H6O.2C2H6/c1-16-8-4-3-5-11(16)9-15(17)13-7-6-12(18-2)10-14(13)16;1-3-2;2*1-2/h6-7,10-11,15,17H,3-5,8-9H2,1-2H3;1-2H3;2*1-2H3/t11?,15?,16-;;;/m0.../s1. The number of benzene rings is 1. The predicted molar refractivity (Wildman–Crippen MR) is 108 cm³/mol. The van der Waals surface area contributed by atoms with Gasteiger partial charge in [0.25, 0.3) is 0 Å². The van der Waals surface area contributed by atoms with Gasteiger partial charge in [-0.1, -0.05) is 53.5 Å². The molecule has 0 aliphatic heterocycles. The zero-order valence-electron chi connectivity index (χ0n) is 17.7. The van der Waals surface area contributed by atoms with Crippen LogP contribution in [0.1, 0.15) is 84.0 Å². The van der Waals surface area contributed by atoms with Crippen LogP contribution in [-0.2, 0) is 10.2 Å². The molecule has 0 bridgehead atoms. The molecule has 0 amide bonds. The summed E-state index contributed by atoms with van der Waals surface area (Å²) in [5.41, 5.74) is 2.68. The topological polar surface area (TPSA) is 38.7 Å². The molecule has 1 aromatic carbocycles. The first-order valence-corrected chi connectivity index (χ1v) is 9.83. The van der Waals surface area contributed by atoms with E-state index in [0.717, 1.165) is 17.7 Å². The molecule has 0 radical (unpaired) electrons. The first-order chi connectivity index (χ1) is 12.1. The average Bonchev–Trinajstić information content (AvgIpc) is 2.66. The van der Waals surface area contributed by atoms with Crippen LogP contribution < -0.4 is 4.74 Å². The van der Waals surface area contributed by atoms with E-state index in [0.29, 0.717) is 5.92 Å². The zero-order chi connectivity index (χ0) is 19.5. The molecular weight excluding hydrogens is 312 g/mol. The maximum atomic E-state index is 10.3. The molecule has 1 N–H and O–H groups in total. The fraction of sp³-hybridized carbons (Fsp3) is 0.727. The second kappa shape index (κ2) is 12.3. The van der Waals surface area contributed by atoms with Crippen LogP contribution in [0.5, 0.6) is 5.75 Å². The van der Waals surface area contributed by atoms with E-state index in [4.69, 9.17) is 4.74 Å². The molecule has 3 rings (SSSR count). The third kappa shape index (κ3) is 5.72. The van der Waals surface area contributed by atoms with Crippen molar-refractivity contribution in [1.82, 2.24) is 0 Å². The largest absolute Gasteiger partial charge is 0.497 e. The minimum Gasteiger partial charge on any atom is -0.497 e. The van der Waals surface area contributed by atoms with Crippen LogP contribution in [0.4, 0.5) is 0 Å². The number of rotatable bonds is 1. The molecule has 25 heavy (non-hydrogen) atoms. The Bertz CT molecular complexity index is 472. The average molecular weight is 353 g/mol. The molecule has 146 valence electrons. The third-order valence-electron chi connectivity index (χ3n) is 5.14. The van der Waals surface area contributed by atoms with Gasteiger partial charge >= 0.3 is 0 Å². The van der Waals surface area contributed by atoms with Gasteiger partial charge in [0.1, 0.15) is 5.75 Å². The van der Waals surface area contributed by atoms with E-state index in [2.05, 4.69) is 23.8 Å². The quantitative estimate of drug-likeness (QED) is 0.684. The lowest BCUT2D eigenvalue weighted by Crippen LogP contribution is -2.40. The Kier molecular flexibility index (Phi) is 11.8. The minimum atomic E-state index is -0.290. The number of methoxy groups -OCH3 is 2. The maximum Gasteiger partial charge on any atom is 0.119 e. The smallest absolute Gasteiger partial charge is 0.119 e. The van der Waals surface area contributed by atoms with Gasteiger partial charge in [-0.05, 0) is 53.9 Å². The van der Waals surface area contributed by atoms with E-state index >= 15 is 0 Å². The minimum absolute atomic E-state index is 0.237. The Morgan fingerprint density at radius 3 is 2.20 bits per heavy atom. The van der Waals surface area contributed by atoms with E-state index in [-0.39, 0.29) is 11.5 Å². The molecule has 2 aliphatic rings. The summed E-state index contributed by atoms with van der Waals surface area (Å²) in [6, 6.07) is 6.17. The second-order valence-electron chi connectivity index (χ2n) is 6.47. The number of ether oxygens (including phenoxy) is 2. The number of fused-ring (bicyclic) bond motifs is 3. The van der Waals surface area contributed by atoms with Crippen molar-refractivity contribution in [2.75, 3.05) is 21.3 Å². The van der Waals surface area contributed by atoms with Crippen molar-refractivity contribution < 1.29 is 14.6 Å². The normalized spacial score (nSPS) is 26.1. The highest BCUT2D eigenvalue weighted by Crippen LogP contribution is 2.53. The Labute approximate surface area is 155 Å². The number of aliphatic hydroxyl groups is 1. The first-order valence-electron chi connectivity index (χ1n) is 9.83. The van der Waals surface area contributed by atoms with Crippen molar-refractivity contribution in [3.8, 4) is 5.75 Å². The van der Waals surface area contributed by atoms with Gasteiger partial charge in [-0.25, -0.2) is 0 Å². The van der Waals surface area contributed by atoms with Crippen LogP contribution in [-0.4, -0.2) is 26.4 Å². The summed E-state index contributed by atoms with van der Waals surface area (Å²) in [5.74, 6) is 1.54. The molecule has 0 aromatic heterocycles. The van der Waals surface area contributed by atoms with E-state index in [1.165, 1.54) is 31.2 Å². The molecule has 2 unspecified atom stereocenters. The first kappa shape index (κ1) is 23.9. The third-order valence-corrected chi connectivity index (χ3v) is 5.14. The Morgan fingerprint density at radius 2 is 1.64 bits per heavy atom. The summed E-state index contributed by atoms with van der Waals surface area (Å²) in [4.78, 5) is 0. The van der Waals surface area contributed by atoms with E-state index < -0.39 is 0 Å². The molecule has 1 aromatic rings. The number of aliphatic hydroxyl groups excluding tert-OH is 1. The summed E-state index contributed by atoms with van der Waals surface area (Å²) in [7, 11) is 4.96. The summed E-state index contributed by atoms with van der Waals surface area (Å²) in [6.07, 6.45) is 5.75. The van der Waals surface area contributed by atoms with Crippen molar-refractivity contribution in [3.05, 3.63) is 29.3 Å². The van der Waals surface area contributed by atoms with Crippen molar-refractivity contribution in [1.29, 1.82) is 0 Å². The van der Waals surface area contributed by atoms with Crippen molar-refractivity contribution in [2.45, 2.75) is 78.2 Å². The number of hydrogen-bond acceptors (Lipinski definition) is 3. The van der Waals surface area contributed by atoms with Crippen molar-refractivity contribution in [3.63, 3.8) is 0 Å². The van der Waals surface area contributed by atoms with Gasteiger partial charge in [0.2, 0.25) is 0 Å². The van der Waals surface area contributed by atoms with Crippen LogP contribution >= 0.6 is 0 Å². The zero-order valence-corrected chi connectivity index (χ0v) is 17.7. The highest BCUT2D eigenvalue weighted by atomic mass is 16.5. The Morgan fingerprint density at radius 1 is 1.04 bits per heavy atom. The van der Waals surface area contributed by atoms with E-state index in [9.17, 15) is 5.11 Å². The molecule has 2 aliphatic carbocycles. The number of hydrogen-bond donors (Lipinski definition) is 1. The fourth-order valence-electron chi connectivity index (χ4n) is 3.98. The molecule has 1 saturated carbocycles. The van der Waals surface area contributed by atoms with Crippen LogP contribution in [0, 0.1) is 5.92 Å².